The van der Waals surface area contributed by atoms with Crippen molar-refractivity contribution in [2.24, 2.45) is 0 Å². The molecule has 0 aromatic carbocycles. The lowest BCUT2D eigenvalue weighted by Gasteiger charge is -2.28. The molecule has 0 saturated carbocycles. The van der Waals surface area contributed by atoms with E-state index in [0.29, 0.717) is 6.10 Å². The van der Waals surface area contributed by atoms with Crippen molar-refractivity contribution < 1.29 is 4.74 Å². The lowest BCUT2D eigenvalue weighted by atomic mass is 10.2. The van der Waals surface area contributed by atoms with E-state index in [4.69, 9.17) is 4.74 Å². The highest BCUT2D eigenvalue weighted by atomic mass is 16.5. The predicted octanol–water partition coefficient (Wildman–Crippen LogP) is 1.62. The fourth-order valence-corrected chi connectivity index (χ4v) is 0.953. The van der Waals surface area contributed by atoms with Crippen molar-refractivity contribution in [3.8, 4) is 0 Å². The number of hydrogen-bond acceptors (Lipinski definition) is 2. The molecule has 0 spiro atoms. The molecule has 1 aliphatic rings. The van der Waals surface area contributed by atoms with Gasteiger partial charge in [-0.15, -0.1) is 0 Å². The largest absolute Gasteiger partial charge is 0.488 e. The minimum atomic E-state index is 0.340. The molecule has 1 rings (SSSR count). The van der Waals surface area contributed by atoms with Crippen molar-refractivity contribution in [1.29, 1.82) is 0 Å². The number of nitrogens with one attached hydrogen (secondary N) is 1. The highest BCUT2D eigenvalue weighted by Crippen LogP contribution is 2.08. The first kappa shape index (κ1) is 9.07. The third-order valence-corrected chi connectivity index (χ3v) is 1.66. The van der Waals surface area contributed by atoms with Gasteiger partial charge >= 0.3 is 0 Å². The first-order chi connectivity index (χ1) is 5.86. The maximum atomic E-state index is 5.61. The quantitative estimate of drug-likeness (QED) is 0.505. The first-order valence-electron chi connectivity index (χ1n) is 4.19. The summed E-state index contributed by atoms with van der Waals surface area (Å²) in [6.45, 7) is 7.50. The minimum Gasteiger partial charge on any atom is -0.488 e. The van der Waals surface area contributed by atoms with Crippen molar-refractivity contribution in [3.63, 3.8) is 0 Å². The van der Waals surface area contributed by atoms with E-state index in [-0.39, 0.29) is 0 Å². The van der Waals surface area contributed by atoms with E-state index in [1.165, 1.54) is 0 Å². The summed E-state index contributed by atoms with van der Waals surface area (Å²) in [4.78, 5) is 0. The summed E-state index contributed by atoms with van der Waals surface area (Å²) in [6.07, 6.45) is 7.86. The molecule has 66 valence electrons. The Balaban J connectivity index is 2.41. The Morgan fingerprint density at radius 3 is 2.75 bits per heavy atom. The van der Waals surface area contributed by atoms with Crippen LogP contribution < -0.4 is 5.32 Å². The zero-order valence-electron chi connectivity index (χ0n) is 7.42. The van der Waals surface area contributed by atoms with Crippen LogP contribution in [0.5, 0.6) is 0 Å². The zero-order chi connectivity index (χ0) is 8.81. The van der Waals surface area contributed by atoms with Crippen LogP contribution in [-0.4, -0.2) is 19.2 Å². The molecule has 0 aromatic heterocycles. The molecule has 1 fully saturated rings. The molecule has 0 radical (unpaired) electrons. The number of hydrogen-bond donors (Lipinski definition) is 1. The summed E-state index contributed by atoms with van der Waals surface area (Å²) in [6, 6.07) is 0. The highest BCUT2D eigenvalue weighted by Gasteiger charge is 2.17. The van der Waals surface area contributed by atoms with Crippen LogP contribution in [0.1, 0.15) is 6.92 Å². The molecule has 0 aliphatic carbocycles. The minimum absolute atomic E-state index is 0.340. The molecular formula is C10H15NO. The van der Waals surface area contributed by atoms with E-state index in [1.807, 2.05) is 25.2 Å². The van der Waals surface area contributed by atoms with Crippen molar-refractivity contribution >= 4 is 0 Å². The summed E-state index contributed by atoms with van der Waals surface area (Å²) in [5.41, 5.74) is 0. The molecule has 0 unspecified atom stereocenters. The number of allylic oxidation sites excluding steroid dienone is 4. The smallest absolute Gasteiger partial charge is 0.123 e. The standard InChI is InChI=1S/C10H15NO/c1-3-5-9(6-4-2)12-10-7-11-8-10/h3-6,10-11H,1,7-8H2,2H3/b6-4-,9-5+. The fraction of sp³-hybridized carbons (Fsp3) is 0.400. The maximum Gasteiger partial charge on any atom is 0.123 e. The van der Waals surface area contributed by atoms with Crippen molar-refractivity contribution in [2.45, 2.75) is 13.0 Å². The Morgan fingerprint density at radius 1 is 1.58 bits per heavy atom. The lowest BCUT2D eigenvalue weighted by Crippen LogP contribution is -2.48. The molecule has 0 aromatic rings. The van der Waals surface area contributed by atoms with Crippen molar-refractivity contribution in [2.75, 3.05) is 13.1 Å². The molecule has 2 nitrogen and oxygen atoms in total. The van der Waals surface area contributed by atoms with E-state index >= 15 is 0 Å². The van der Waals surface area contributed by atoms with Crippen molar-refractivity contribution in [3.05, 3.63) is 36.6 Å². The summed E-state index contributed by atoms with van der Waals surface area (Å²) < 4.78 is 5.61. The van der Waals surface area contributed by atoms with Crippen LogP contribution >= 0.6 is 0 Å². The molecule has 1 N–H and O–H groups in total. The van der Waals surface area contributed by atoms with Gasteiger partial charge in [0.25, 0.3) is 0 Å². The van der Waals surface area contributed by atoms with Crippen molar-refractivity contribution in [1.82, 2.24) is 5.32 Å². The third-order valence-electron chi connectivity index (χ3n) is 1.66. The molecule has 1 heterocycles. The van der Waals surface area contributed by atoms with Gasteiger partial charge in [0.05, 0.1) is 0 Å². The van der Waals surface area contributed by atoms with E-state index in [9.17, 15) is 0 Å². The maximum absolute atomic E-state index is 5.61. The van der Waals surface area contributed by atoms with Gasteiger partial charge in [0, 0.05) is 13.1 Å². The van der Waals surface area contributed by atoms with Crippen LogP contribution in [0.25, 0.3) is 0 Å². The predicted molar refractivity (Wildman–Crippen MR) is 50.8 cm³/mol. The number of rotatable bonds is 4. The Hall–Kier alpha value is -1.02. The summed E-state index contributed by atoms with van der Waals surface area (Å²) in [5, 5.41) is 3.15. The zero-order valence-corrected chi connectivity index (χ0v) is 7.42. The fourth-order valence-electron chi connectivity index (χ4n) is 0.953. The van der Waals surface area contributed by atoms with E-state index in [1.54, 1.807) is 6.08 Å². The molecule has 0 atom stereocenters. The van der Waals surface area contributed by atoms with Crippen LogP contribution in [-0.2, 0) is 4.74 Å². The van der Waals surface area contributed by atoms with Gasteiger partial charge in [-0.2, -0.15) is 0 Å². The summed E-state index contributed by atoms with van der Waals surface area (Å²) in [5.74, 6) is 0.888. The third kappa shape index (κ3) is 2.55. The number of ether oxygens (including phenoxy) is 1. The Labute approximate surface area is 73.6 Å². The van der Waals surface area contributed by atoms with Gasteiger partial charge in [-0.05, 0) is 19.1 Å². The summed E-state index contributed by atoms with van der Waals surface area (Å²) in [7, 11) is 0. The molecule has 12 heavy (non-hydrogen) atoms. The van der Waals surface area contributed by atoms with Gasteiger partial charge in [-0.1, -0.05) is 18.7 Å². The Morgan fingerprint density at radius 2 is 2.33 bits per heavy atom. The van der Waals surface area contributed by atoms with Gasteiger partial charge in [0.15, 0.2) is 0 Å². The normalized spacial score (nSPS) is 19.2. The lowest BCUT2D eigenvalue weighted by molar-refractivity contribution is 0.0787. The monoisotopic (exact) mass is 165 g/mol. The van der Waals surface area contributed by atoms with Crippen LogP contribution in [0.3, 0.4) is 0 Å². The SMILES string of the molecule is C=C/C=C(\C=C/C)OC1CNC1. The van der Waals surface area contributed by atoms with Gasteiger partial charge < -0.3 is 10.1 Å². The average molecular weight is 165 g/mol. The van der Waals surface area contributed by atoms with Crippen LogP contribution in [0.2, 0.25) is 0 Å². The molecule has 0 amide bonds. The summed E-state index contributed by atoms with van der Waals surface area (Å²) >= 11 is 0. The molecule has 2 heteroatoms. The van der Waals surface area contributed by atoms with E-state index in [2.05, 4.69) is 11.9 Å². The molecule has 1 saturated heterocycles. The van der Waals surface area contributed by atoms with Gasteiger partial charge in [0.2, 0.25) is 0 Å². The van der Waals surface area contributed by atoms with Gasteiger partial charge in [0.1, 0.15) is 11.9 Å². The van der Waals surface area contributed by atoms with Gasteiger partial charge in [-0.25, -0.2) is 0 Å². The van der Waals surface area contributed by atoms with Crippen LogP contribution in [0.15, 0.2) is 36.6 Å². The Bertz CT molecular complexity index is 202. The highest BCUT2D eigenvalue weighted by molar-refractivity contribution is 5.17. The second-order valence-corrected chi connectivity index (χ2v) is 2.70. The van der Waals surface area contributed by atoms with Crippen LogP contribution in [0.4, 0.5) is 0 Å². The topological polar surface area (TPSA) is 21.3 Å². The Kier molecular flexibility index (Phi) is 3.61. The molecular weight excluding hydrogens is 150 g/mol. The second kappa shape index (κ2) is 4.78. The average Bonchev–Trinajstić information content (AvgIpc) is 1.97. The second-order valence-electron chi connectivity index (χ2n) is 2.70. The van der Waals surface area contributed by atoms with E-state index < -0.39 is 0 Å². The van der Waals surface area contributed by atoms with Gasteiger partial charge in [-0.3, -0.25) is 0 Å². The molecule has 1 aliphatic heterocycles. The van der Waals surface area contributed by atoms with E-state index in [0.717, 1.165) is 18.8 Å². The molecule has 0 bridgehead atoms. The first-order valence-corrected chi connectivity index (χ1v) is 4.19. The van der Waals surface area contributed by atoms with Crippen LogP contribution in [0, 0.1) is 0 Å².